The van der Waals surface area contributed by atoms with Crippen molar-refractivity contribution < 1.29 is 9.53 Å². The first-order valence-electron chi connectivity index (χ1n) is 5.79. The second-order valence-corrected chi connectivity index (χ2v) is 4.12. The maximum Gasteiger partial charge on any atom is 0.251 e. The maximum absolute atomic E-state index is 11.8. The lowest BCUT2D eigenvalue weighted by molar-refractivity contribution is 0.0947. The molecule has 0 bridgehead atoms. The molecule has 0 aliphatic carbocycles. The van der Waals surface area contributed by atoms with Gasteiger partial charge in [0.05, 0.1) is 7.11 Å². The average Bonchev–Trinajstić information content (AvgIpc) is 2.36. The molecule has 0 heterocycles. The van der Waals surface area contributed by atoms with E-state index in [1.54, 1.807) is 25.3 Å². The highest BCUT2D eigenvalue weighted by molar-refractivity contribution is 5.94. The molecule has 1 aromatic carbocycles. The quantitative estimate of drug-likeness (QED) is 0.785. The van der Waals surface area contributed by atoms with Gasteiger partial charge in [0.2, 0.25) is 0 Å². The molecule has 0 saturated carbocycles. The molecule has 0 saturated heterocycles. The van der Waals surface area contributed by atoms with Gasteiger partial charge in [0.15, 0.2) is 0 Å². The number of methoxy groups -OCH3 is 1. The van der Waals surface area contributed by atoms with Crippen LogP contribution in [0.3, 0.4) is 0 Å². The summed E-state index contributed by atoms with van der Waals surface area (Å²) in [5.41, 5.74) is 6.07. The molecule has 1 rings (SSSR count). The van der Waals surface area contributed by atoms with Crippen LogP contribution in [0.1, 0.15) is 23.7 Å². The average molecular weight is 236 g/mol. The second kappa shape index (κ2) is 6.91. The minimum atomic E-state index is -0.0761. The van der Waals surface area contributed by atoms with Gasteiger partial charge >= 0.3 is 0 Å². The fourth-order valence-electron chi connectivity index (χ4n) is 1.52. The van der Waals surface area contributed by atoms with Crippen molar-refractivity contribution in [2.75, 3.05) is 20.2 Å². The molecule has 1 atom stereocenters. The number of nitrogens with two attached hydrogens (primary N) is 1. The van der Waals surface area contributed by atoms with Crippen LogP contribution in [0.25, 0.3) is 0 Å². The summed E-state index contributed by atoms with van der Waals surface area (Å²) < 4.78 is 5.07. The predicted octanol–water partition coefficient (Wildman–Crippen LogP) is 1.41. The van der Waals surface area contributed by atoms with Crippen LogP contribution < -0.4 is 15.8 Å². The number of amides is 1. The first-order chi connectivity index (χ1) is 8.17. The zero-order chi connectivity index (χ0) is 12.7. The third kappa shape index (κ3) is 4.44. The Bertz CT molecular complexity index is 366. The minimum absolute atomic E-state index is 0.0761. The van der Waals surface area contributed by atoms with Gasteiger partial charge in [0.1, 0.15) is 5.75 Å². The van der Waals surface area contributed by atoms with Gasteiger partial charge in [-0.25, -0.2) is 0 Å². The molecule has 0 radical (unpaired) electrons. The van der Waals surface area contributed by atoms with Crippen LogP contribution in [0.4, 0.5) is 0 Å². The van der Waals surface area contributed by atoms with Gasteiger partial charge in [-0.3, -0.25) is 4.79 Å². The SMILES string of the molecule is COc1cccc(C(=O)NCC(C)CCN)c1. The first-order valence-corrected chi connectivity index (χ1v) is 5.79. The highest BCUT2D eigenvalue weighted by Crippen LogP contribution is 2.12. The van der Waals surface area contributed by atoms with Crippen LogP contribution >= 0.6 is 0 Å². The molecule has 0 aliphatic heterocycles. The number of nitrogens with one attached hydrogen (secondary N) is 1. The highest BCUT2D eigenvalue weighted by Gasteiger charge is 2.08. The molecule has 0 fully saturated rings. The van der Waals surface area contributed by atoms with E-state index in [2.05, 4.69) is 12.2 Å². The molecule has 3 N–H and O–H groups in total. The van der Waals surface area contributed by atoms with Crippen molar-refractivity contribution in [1.29, 1.82) is 0 Å². The van der Waals surface area contributed by atoms with Crippen molar-refractivity contribution in [3.05, 3.63) is 29.8 Å². The van der Waals surface area contributed by atoms with Gasteiger partial charge in [-0.15, -0.1) is 0 Å². The van der Waals surface area contributed by atoms with Crippen LogP contribution in [0, 0.1) is 5.92 Å². The normalized spacial score (nSPS) is 11.9. The fourth-order valence-corrected chi connectivity index (χ4v) is 1.52. The van der Waals surface area contributed by atoms with Gasteiger partial charge in [-0.05, 0) is 37.1 Å². The number of carbonyl (C=O) groups excluding carboxylic acids is 1. The van der Waals surface area contributed by atoms with Crippen molar-refractivity contribution in [3.8, 4) is 5.75 Å². The molecule has 4 nitrogen and oxygen atoms in total. The van der Waals surface area contributed by atoms with Crippen molar-refractivity contribution in [2.24, 2.45) is 11.7 Å². The Balaban J connectivity index is 2.51. The lowest BCUT2D eigenvalue weighted by Crippen LogP contribution is -2.29. The molecular weight excluding hydrogens is 216 g/mol. The number of benzene rings is 1. The molecule has 17 heavy (non-hydrogen) atoms. The monoisotopic (exact) mass is 236 g/mol. The zero-order valence-electron chi connectivity index (χ0n) is 10.4. The minimum Gasteiger partial charge on any atom is -0.497 e. The summed E-state index contributed by atoms with van der Waals surface area (Å²) >= 11 is 0. The highest BCUT2D eigenvalue weighted by atomic mass is 16.5. The molecule has 0 spiro atoms. The topological polar surface area (TPSA) is 64.3 Å². The fraction of sp³-hybridized carbons (Fsp3) is 0.462. The van der Waals surface area contributed by atoms with E-state index in [4.69, 9.17) is 10.5 Å². The first kappa shape index (κ1) is 13.5. The van der Waals surface area contributed by atoms with Crippen LogP contribution in [-0.2, 0) is 0 Å². The second-order valence-electron chi connectivity index (χ2n) is 4.12. The summed E-state index contributed by atoms with van der Waals surface area (Å²) in [5, 5.41) is 2.88. The van der Waals surface area contributed by atoms with E-state index >= 15 is 0 Å². The van der Waals surface area contributed by atoms with Gasteiger partial charge in [-0.2, -0.15) is 0 Å². The summed E-state index contributed by atoms with van der Waals surface area (Å²) in [6, 6.07) is 7.11. The Kier molecular flexibility index (Phi) is 5.49. The largest absolute Gasteiger partial charge is 0.497 e. The summed E-state index contributed by atoms with van der Waals surface area (Å²) in [6.07, 6.45) is 0.915. The van der Waals surface area contributed by atoms with Crippen molar-refractivity contribution in [3.63, 3.8) is 0 Å². The Hall–Kier alpha value is -1.55. The van der Waals surface area contributed by atoms with E-state index in [-0.39, 0.29) is 5.91 Å². The molecule has 0 aliphatic rings. The Morgan fingerprint density at radius 1 is 1.53 bits per heavy atom. The van der Waals surface area contributed by atoms with Gasteiger partial charge < -0.3 is 15.8 Å². The molecule has 94 valence electrons. The van der Waals surface area contributed by atoms with E-state index in [1.165, 1.54) is 0 Å². The van der Waals surface area contributed by atoms with E-state index in [1.807, 2.05) is 6.07 Å². The van der Waals surface area contributed by atoms with Gasteiger partial charge in [-0.1, -0.05) is 13.0 Å². The Labute approximate surface area is 102 Å². The van der Waals surface area contributed by atoms with Gasteiger partial charge in [0.25, 0.3) is 5.91 Å². The van der Waals surface area contributed by atoms with E-state index in [0.717, 1.165) is 6.42 Å². The molecule has 1 amide bonds. The maximum atomic E-state index is 11.8. The van der Waals surface area contributed by atoms with E-state index < -0.39 is 0 Å². The number of hydrogen-bond donors (Lipinski definition) is 2. The third-order valence-electron chi connectivity index (χ3n) is 2.60. The molecule has 4 heteroatoms. The zero-order valence-corrected chi connectivity index (χ0v) is 10.4. The number of ether oxygens (including phenoxy) is 1. The standard InChI is InChI=1S/C13H20N2O2/c1-10(6-7-14)9-15-13(16)11-4-3-5-12(8-11)17-2/h3-5,8,10H,6-7,9,14H2,1-2H3,(H,15,16). The van der Waals surface area contributed by atoms with Crippen LogP contribution in [0.15, 0.2) is 24.3 Å². The van der Waals surface area contributed by atoms with Crippen molar-refractivity contribution in [2.45, 2.75) is 13.3 Å². The summed E-state index contributed by atoms with van der Waals surface area (Å²) in [6.45, 7) is 3.36. The molecule has 0 aromatic heterocycles. The Morgan fingerprint density at radius 3 is 2.94 bits per heavy atom. The van der Waals surface area contributed by atoms with E-state index in [9.17, 15) is 4.79 Å². The van der Waals surface area contributed by atoms with Crippen LogP contribution in [-0.4, -0.2) is 26.1 Å². The number of hydrogen-bond acceptors (Lipinski definition) is 3. The van der Waals surface area contributed by atoms with Crippen molar-refractivity contribution >= 4 is 5.91 Å². The lowest BCUT2D eigenvalue weighted by atomic mass is 10.1. The van der Waals surface area contributed by atoms with E-state index in [0.29, 0.717) is 30.3 Å². The van der Waals surface area contributed by atoms with Gasteiger partial charge in [0, 0.05) is 12.1 Å². The number of rotatable bonds is 6. The van der Waals surface area contributed by atoms with Crippen molar-refractivity contribution in [1.82, 2.24) is 5.32 Å². The van der Waals surface area contributed by atoms with Crippen LogP contribution in [0.2, 0.25) is 0 Å². The summed E-state index contributed by atoms with van der Waals surface area (Å²) in [7, 11) is 1.58. The Morgan fingerprint density at radius 2 is 2.29 bits per heavy atom. The third-order valence-corrected chi connectivity index (χ3v) is 2.60. The molecule has 1 aromatic rings. The summed E-state index contributed by atoms with van der Waals surface area (Å²) in [4.78, 5) is 11.8. The lowest BCUT2D eigenvalue weighted by Gasteiger charge is -2.11. The smallest absolute Gasteiger partial charge is 0.251 e. The summed E-state index contributed by atoms with van der Waals surface area (Å²) in [5.74, 6) is 1.01. The van der Waals surface area contributed by atoms with Crippen LogP contribution in [0.5, 0.6) is 5.75 Å². The molecular formula is C13H20N2O2. The number of carbonyl (C=O) groups is 1. The predicted molar refractivity (Wildman–Crippen MR) is 68.2 cm³/mol. The molecule has 1 unspecified atom stereocenters.